The number of fused-ring (bicyclic) bond motifs is 10. The monoisotopic (exact) mass is 664 g/mol. The molecule has 1 aliphatic carbocycles. The molecule has 0 amide bonds. The van der Waals surface area contributed by atoms with Crippen molar-refractivity contribution in [3.8, 4) is 39.3 Å². The summed E-state index contributed by atoms with van der Waals surface area (Å²) in [6, 6.07) is 62.9. The van der Waals surface area contributed by atoms with Crippen molar-refractivity contribution in [2.45, 2.75) is 12.3 Å². The fourth-order valence-corrected chi connectivity index (χ4v) is 8.81. The maximum absolute atomic E-state index is 7.09. The lowest BCUT2D eigenvalue weighted by Crippen LogP contribution is -2.22. The van der Waals surface area contributed by atoms with Gasteiger partial charge in [0.25, 0.3) is 0 Å². The molecule has 1 unspecified atom stereocenters. The van der Waals surface area contributed by atoms with Crippen LogP contribution in [0.3, 0.4) is 0 Å². The average Bonchev–Trinajstić information content (AvgIpc) is 3.83. The van der Waals surface area contributed by atoms with Gasteiger partial charge in [-0.3, -0.25) is 4.57 Å². The van der Waals surface area contributed by atoms with Crippen LogP contribution < -0.4 is 0 Å². The number of hydrogen-bond donors (Lipinski definition) is 0. The fourth-order valence-electron chi connectivity index (χ4n) is 8.81. The highest BCUT2D eigenvalue weighted by molar-refractivity contribution is 6.18. The maximum Gasteiger partial charge on any atom is 0.140 e. The Kier molecular flexibility index (Phi) is 6.09. The smallest absolute Gasteiger partial charge is 0.140 e. The molecule has 3 aromatic heterocycles. The maximum atomic E-state index is 7.09. The van der Waals surface area contributed by atoms with E-state index in [-0.39, 0.29) is 5.41 Å². The number of aromatic nitrogens is 2. The van der Waals surface area contributed by atoms with Gasteiger partial charge in [-0.15, -0.1) is 0 Å². The van der Waals surface area contributed by atoms with Crippen LogP contribution in [-0.2, 0) is 5.41 Å². The van der Waals surface area contributed by atoms with E-state index >= 15 is 0 Å². The number of para-hydroxylation sites is 1. The number of furan rings is 1. The van der Waals surface area contributed by atoms with Gasteiger partial charge in [-0.2, -0.15) is 0 Å². The van der Waals surface area contributed by atoms with Gasteiger partial charge in [0, 0.05) is 44.2 Å². The summed E-state index contributed by atoms with van der Waals surface area (Å²) in [5.74, 6) is 0.870. The summed E-state index contributed by atoms with van der Waals surface area (Å²) >= 11 is 0. The van der Waals surface area contributed by atoms with Crippen molar-refractivity contribution in [3.63, 3.8) is 0 Å². The molecule has 52 heavy (non-hydrogen) atoms. The van der Waals surface area contributed by atoms with E-state index in [1.54, 1.807) is 0 Å². The van der Waals surface area contributed by atoms with Gasteiger partial charge in [0.05, 0.1) is 16.7 Å². The minimum atomic E-state index is -0.364. The molecule has 1 aliphatic rings. The number of pyridine rings is 1. The fraction of sp³-hybridized carbons (Fsp3) is 0.0408. The van der Waals surface area contributed by atoms with Crippen LogP contribution >= 0.6 is 0 Å². The second-order valence-corrected chi connectivity index (χ2v) is 14.1. The summed E-state index contributed by atoms with van der Waals surface area (Å²) < 4.78 is 9.40. The number of benzene rings is 7. The number of hydrogen-bond acceptors (Lipinski definition) is 2. The predicted octanol–water partition coefficient (Wildman–Crippen LogP) is 12.7. The molecule has 0 bridgehead atoms. The van der Waals surface area contributed by atoms with E-state index in [0.29, 0.717) is 0 Å². The first-order valence-electron chi connectivity index (χ1n) is 17.9. The Hall–Kier alpha value is -6.71. The summed E-state index contributed by atoms with van der Waals surface area (Å²) in [5.41, 5.74) is 14.2. The summed E-state index contributed by atoms with van der Waals surface area (Å²) in [6.45, 7) is 2.35. The molecule has 11 rings (SSSR count). The molecule has 0 radical (unpaired) electrons. The molecule has 0 aliphatic heterocycles. The van der Waals surface area contributed by atoms with Crippen molar-refractivity contribution in [1.29, 1.82) is 0 Å². The first-order chi connectivity index (χ1) is 25.7. The second-order valence-electron chi connectivity index (χ2n) is 14.1. The largest absolute Gasteiger partial charge is 0.456 e. The minimum Gasteiger partial charge on any atom is -0.456 e. The molecular formula is C49H32N2O. The summed E-state index contributed by atoms with van der Waals surface area (Å²) in [5, 5.41) is 4.62. The van der Waals surface area contributed by atoms with Gasteiger partial charge in [0.15, 0.2) is 0 Å². The van der Waals surface area contributed by atoms with Crippen molar-refractivity contribution in [2.75, 3.05) is 0 Å². The first-order valence-corrected chi connectivity index (χ1v) is 17.9. The van der Waals surface area contributed by atoms with Crippen LogP contribution in [0.25, 0.3) is 83.1 Å². The van der Waals surface area contributed by atoms with Crippen LogP contribution in [0.2, 0.25) is 0 Å². The Bertz CT molecular complexity index is 2950. The minimum absolute atomic E-state index is 0.364. The predicted molar refractivity (Wildman–Crippen MR) is 214 cm³/mol. The third-order valence-corrected chi connectivity index (χ3v) is 11.3. The molecule has 0 spiro atoms. The van der Waals surface area contributed by atoms with Crippen LogP contribution in [0, 0.1) is 0 Å². The van der Waals surface area contributed by atoms with Gasteiger partial charge in [-0.25, -0.2) is 4.98 Å². The Morgan fingerprint density at radius 1 is 0.500 bits per heavy atom. The zero-order chi connectivity index (χ0) is 34.4. The summed E-state index contributed by atoms with van der Waals surface area (Å²) in [4.78, 5) is 5.35. The van der Waals surface area contributed by atoms with Crippen LogP contribution in [-0.4, -0.2) is 9.55 Å². The highest BCUT2D eigenvalue weighted by Gasteiger charge is 2.43. The van der Waals surface area contributed by atoms with Crippen molar-refractivity contribution < 1.29 is 4.42 Å². The molecule has 10 aromatic rings. The van der Waals surface area contributed by atoms with Crippen molar-refractivity contribution in [2.24, 2.45) is 0 Å². The summed E-state index contributed by atoms with van der Waals surface area (Å²) in [7, 11) is 0. The van der Waals surface area contributed by atoms with E-state index in [1.807, 2.05) is 6.07 Å². The normalized spacial score (nSPS) is 15.1. The Morgan fingerprint density at radius 3 is 2.00 bits per heavy atom. The average molecular weight is 665 g/mol. The zero-order valence-corrected chi connectivity index (χ0v) is 28.5. The number of rotatable bonds is 4. The molecule has 3 heteroatoms. The molecule has 3 nitrogen and oxygen atoms in total. The second kappa shape index (κ2) is 10.9. The van der Waals surface area contributed by atoms with E-state index in [2.05, 4.69) is 181 Å². The van der Waals surface area contributed by atoms with E-state index in [0.717, 1.165) is 61.2 Å². The molecule has 0 saturated carbocycles. The van der Waals surface area contributed by atoms with Crippen LogP contribution in [0.5, 0.6) is 0 Å². The van der Waals surface area contributed by atoms with Crippen LogP contribution in [0.4, 0.5) is 0 Å². The zero-order valence-electron chi connectivity index (χ0n) is 28.5. The van der Waals surface area contributed by atoms with E-state index < -0.39 is 0 Å². The van der Waals surface area contributed by atoms with E-state index in [1.165, 1.54) is 38.6 Å². The van der Waals surface area contributed by atoms with Crippen molar-refractivity contribution >= 4 is 43.7 Å². The quantitative estimate of drug-likeness (QED) is 0.187. The lowest BCUT2D eigenvalue weighted by Gasteiger charge is -2.28. The molecule has 3 heterocycles. The Labute approximate surface area is 301 Å². The molecule has 0 saturated heterocycles. The highest BCUT2D eigenvalue weighted by Crippen LogP contribution is 2.55. The van der Waals surface area contributed by atoms with Crippen molar-refractivity contribution in [1.82, 2.24) is 9.55 Å². The van der Waals surface area contributed by atoms with Crippen molar-refractivity contribution in [3.05, 3.63) is 193 Å². The molecule has 0 N–H and O–H groups in total. The molecule has 244 valence electrons. The molecule has 7 aromatic carbocycles. The number of nitrogens with zero attached hydrogens (tertiary/aromatic N) is 2. The molecular weight excluding hydrogens is 633 g/mol. The van der Waals surface area contributed by atoms with Gasteiger partial charge in [-0.1, -0.05) is 140 Å². The van der Waals surface area contributed by atoms with E-state index in [9.17, 15) is 0 Å². The van der Waals surface area contributed by atoms with Crippen LogP contribution in [0.15, 0.2) is 180 Å². The van der Waals surface area contributed by atoms with Gasteiger partial charge < -0.3 is 4.42 Å². The first kappa shape index (κ1) is 29.1. The van der Waals surface area contributed by atoms with Gasteiger partial charge in [-0.05, 0) is 70.6 Å². The summed E-state index contributed by atoms with van der Waals surface area (Å²) in [6.07, 6.45) is 0. The third-order valence-electron chi connectivity index (χ3n) is 11.3. The standard InChI is InChI=1S/C49H32N2O/c1-49(34-19-9-4-10-20-34)41-23-13-11-21-35(41)37-25-26-38-40-29-39-36-22-12-14-24-43(36)51(44(39)30-45(40)52-48(38)47(37)49)46-28-33(31-15-5-2-6-16-31)27-42(50-46)32-17-7-3-8-18-32/h2-30H,1H3. The lowest BCUT2D eigenvalue weighted by molar-refractivity contribution is 0.640. The third kappa shape index (κ3) is 4.05. The van der Waals surface area contributed by atoms with Gasteiger partial charge >= 0.3 is 0 Å². The van der Waals surface area contributed by atoms with Gasteiger partial charge in [0.1, 0.15) is 17.0 Å². The molecule has 1 atom stereocenters. The Balaban J connectivity index is 1.21. The van der Waals surface area contributed by atoms with Gasteiger partial charge in [0.2, 0.25) is 0 Å². The molecule has 0 fully saturated rings. The lowest BCUT2D eigenvalue weighted by atomic mass is 9.74. The van der Waals surface area contributed by atoms with E-state index in [4.69, 9.17) is 9.40 Å². The Morgan fingerprint density at radius 2 is 1.19 bits per heavy atom. The topological polar surface area (TPSA) is 31.0 Å². The highest BCUT2D eigenvalue weighted by atomic mass is 16.3. The van der Waals surface area contributed by atoms with Crippen LogP contribution in [0.1, 0.15) is 23.6 Å². The SMILES string of the molecule is CC1(c2ccccc2)c2ccccc2-c2ccc3c(oc4cc5c(cc43)c3ccccc3n5-c3cc(-c4ccccc4)cc(-c4ccccc4)n3)c21.